The summed E-state index contributed by atoms with van der Waals surface area (Å²) in [7, 11) is 0. The fraction of sp³-hybridized carbons (Fsp3) is 0.714. The summed E-state index contributed by atoms with van der Waals surface area (Å²) in [5.41, 5.74) is 0. The van der Waals surface area contributed by atoms with Crippen LogP contribution in [0.25, 0.3) is 0 Å². The molecule has 1 N–H and O–H groups in total. The molecule has 0 atom stereocenters. The number of hydrogen-bond donors (Lipinski definition) is 1. The topological polar surface area (TPSA) is 57.6 Å². The zero-order valence-corrected chi connectivity index (χ0v) is 8.10. The van der Waals surface area contributed by atoms with E-state index in [0.29, 0.717) is 0 Å². The molecule has 0 aliphatic carbocycles. The molecule has 0 aliphatic heterocycles. The molecule has 0 aromatic rings. The van der Waals surface area contributed by atoms with Gasteiger partial charge in [0.25, 0.3) is 0 Å². The summed E-state index contributed by atoms with van der Waals surface area (Å²) in [6.07, 6.45) is -11.9. The van der Waals surface area contributed by atoms with Gasteiger partial charge in [-0.05, 0) is 0 Å². The van der Waals surface area contributed by atoms with Crippen LogP contribution < -0.4 is 0 Å². The number of carboxylic acids is 1. The van der Waals surface area contributed by atoms with Gasteiger partial charge in [0.2, 0.25) is 0 Å². The number of carbonyl (C=O) groups excluding carboxylic acids is 1. The van der Waals surface area contributed by atoms with Gasteiger partial charge in [0.05, 0.1) is 6.42 Å². The molecule has 0 rings (SSSR count). The van der Waals surface area contributed by atoms with Crippen LogP contribution in [0.1, 0.15) is 6.42 Å². The predicted octanol–water partition coefficient (Wildman–Crippen LogP) is 1.41. The van der Waals surface area contributed by atoms with Gasteiger partial charge in [-0.2, -0.15) is 26.3 Å². The van der Waals surface area contributed by atoms with Crippen molar-refractivity contribution in [3.8, 4) is 0 Å². The second kappa shape index (κ2) is 5.23. The van der Waals surface area contributed by atoms with Crippen LogP contribution in [0.4, 0.5) is 26.3 Å². The SMILES string of the molecule is O=C(O)CN(CCC(F)(F)F)C(=O)C(F)(F)F. The van der Waals surface area contributed by atoms with E-state index in [2.05, 4.69) is 0 Å². The van der Waals surface area contributed by atoms with Crippen LogP contribution in [0.15, 0.2) is 0 Å². The summed E-state index contributed by atoms with van der Waals surface area (Å²) in [6, 6.07) is 0. The third kappa shape index (κ3) is 6.64. The first kappa shape index (κ1) is 15.5. The van der Waals surface area contributed by atoms with Gasteiger partial charge < -0.3 is 10.0 Å². The lowest BCUT2D eigenvalue weighted by Crippen LogP contribution is -2.45. The second-order valence-electron chi connectivity index (χ2n) is 2.98. The Hall–Kier alpha value is -1.48. The van der Waals surface area contributed by atoms with E-state index in [4.69, 9.17) is 5.11 Å². The molecule has 0 aromatic heterocycles. The number of halogens is 6. The fourth-order valence-corrected chi connectivity index (χ4v) is 0.857. The smallest absolute Gasteiger partial charge is 0.471 e. The Morgan fingerprint density at radius 2 is 1.53 bits per heavy atom. The number of aliphatic carboxylic acids is 1. The largest absolute Gasteiger partial charge is 0.480 e. The fourth-order valence-electron chi connectivity index (χ4n) is 0.857. The number of rotatable bonds is 4. The van der Waals surface area contributed by atoms with Crippen molar-refractivity contribution in [3.05, 3.63) is 0 Å². The number of carboxylic acid groups (broad SMARTS) is 1. The minimum atomic E-state index is -5.40. The van der Waals surface area contributed by atoms with Crippen LogP contribution in [0.3, 0.4) is 0 Å². The summed E-state index contributed by atoms with van der Waals surface area (Å²) >= 11 is 0. The summed E-state index contributed by atoms with van der Waals surface area (Å²) < 4.78 is 71.0. The number of alkyl halides is 6. The molecule has 10 heteroatoms. The molecule has 100 valence electrons. The van der Waals surface area contributed by atoms with Gasteiger partial charge in [-0.3, -0.25) is 9.59 Å². The number of amides is 1. The first-order valence-corrected chi connectivity index (χ1v) is 4.08. The molecule has 0 radical (unpaired) electrons. The van der Waals surface area contributed by atoms with E-state index in [9.17, 15) is 35.9 Å². The van der Waals surface area contributed by atoms with Crippen molar-refractivity contribution in [2.24, 2.45) is 0 Å². The summed E-state index contributed by atoms with van der Waals surface area (Å²) in [6.45, 7) is -2.79. The molecule has 0 heterocycles. The molecular weight excluding hydrogens is 260 g/mol. The van der Waals surface area contributed by atoms with Gasteiger partial charge in [-0.15, -0.1) is 0 Å². The van der Waals surface area contributed by atoms with E-state index in [-0.39, 0.29) is 0 Å². The van der Waals surface area contributed by atoms with E-state index < -0.39 is 48.6 Å². The molecule has 0 saturated carbocycles. The quantitative estimate of drug-likeness (QED) is 0.783. The highest BCUT2D eigenvalue weighted by molar-refractivity contribution is 5.85. The van der Waals surface area contributed by atoms with Gasteiger partial charge in [0.1, 0.15) is 6.54 Å². The van der Waals surface area contributed by atoms with Gasteiger partial charge >= 0.3 is 24.2 Å². The van der Waals surface area contributed by atoms with Crippen LogP contribution in [0, 0.1) is 0 Å². The van der Waals surface area contributed by atoms with Gasteiger partial charge in [0.15, 0.2) is 0 Å². The Bertz CT molecular complexity index is 297. The average Bonchev–Trinajstić information content (AvgIpc) is 2.07. The summed E-state index contributed by atoms with van der Waals surface area (Å²) in [5.74, 6) is -4.44. The first-order chi connectivity index (χ1) is 7.43. The van der Waals surface area contributed by atoms with E-state index in [0.717, 1.165) is 0 Å². The number of nitrogens with zero attached hydrogens (tertiary/aromatic N) is 1. The zero-order valence-electron chi connectivity index (χ0n) is 8.10. The molecule has 0 aliphatic rings. The standard InChI is InChI=1S/C7H7F6NO3/c8-6(9,10)1-2-14(3-4(15)16)5(17)7(11,12)13/h1-3H2,(H,15,16). The van der Waals surface area contributed by atoms with Crippen LogP contribution in [-0.4, -0.2) is 47.3 Å². The molecule has 4 nitrogen and oxygen atoms in total. The maximum Gasteiger partial charge on any atom is 0.471 e. The minimum absolute atomic E-state index is 0.407. The number of hydrogen-bond acceptors (Lipinski definition) is 2. The van der Waals surface area contributed by atoms with E-state index in [1.165, 1.54) is 0 Å². The zero-order chi connectivity index (χ0) is 13.9. The molecule has 0 bridgehead atoms. The Morgan fingerprint density at radius 3 is 1.82 bits per heavy atom. The normalized spacial score (nSPS) is 12.4. The Labute approximate surface area is 90.8 Å². The molecule has 0 fully saturated rings. The average molecular weight is 267 g/mol. The highest BCUT2D eigenvalue weighted by Crippen LogP contribution is 2.22. The monoisotopic (exact) mass is 267 g/mol. The van der Waals surface area contributed by atoms with Crippen molar-refractivity contribution in [2.45, 2.75) is 18.8 Å². The second-order valence-corrected chi connectivity index (χ2v) is 2.98. The maximum absolute atomic E-state index is 11.9. The molecule has 17 heavy (non-hydrogen) atoms. The Morgan fingerprint density at radius 1 is 1.06 bits per heavy atom. The Balaban J connectivity index is 4.66. The van der Waals surface area contributed by atoms with Gasteiger partial charge in [-0.1, -0.05) is 0 Å². The minimum Gasteiger partial charge on any atom is -0.480 e. The Kier molecular flexibility index (Phi) is 4.78. The van der Waals surface area contributed by atoms with Crippen molar-refractivity contribution in [2.75, 3.05) is 13.1 Å². The van der Waals surface area contributed by atoms with Crippen LogP contribution in [0.5, 0.6) is 0 Å². The highest BCUT2D eigenvalue weighted by atomic mass is 19.4. The molecule has 0 spiro atoms. The van der Waals surface area contributed by atoms with Crippen molar-refractivity contribution in [1.29, 1.82) is 0 Å². The van der Waals surface area contributed by atoms with E-state index >= 15 is 0 Å². The summed E-state index contributed by atoms with van der Waals surface area (Å²) in [5, 5.41) is 8.19. The van der Waals surface area contributed by atoms with Gasteiger partial charge in [0, 0.05) is 6.54 Å². The van der Waals surface area contributed by atoms with Crippen molar-refractivity contribution >= 4 is 11.9 Å². The van der Waals surface area contributed by atoms with Crippen molar-refractivity contribution < 1.29 is 41.0 Å². The van der Waals surface area contributed by atoms with E-state index in [1.807, 2.05) is 0 Å². The summed E-state index contributed by atoms with van der Waals surface area (Å²) in [4.78, 5) is 20.3. The lowest BCUT2D eigenvalue weighted by Gasteiger charge is -2.22. The molecule has 0 aromatic carbocycles. The first-order valence-electron chi connectivity index (χ1n) is 4.08. The van der Waals surface area contributed by atoms with Crippen molar-refractivity contribution in [3.63, 3.8) is 0 Å². The maximum atomic E-state index is 11.9. The van der Waals surface area contributed by atoms with Crippen LogP contribution >= 0.6 is 0 Å². The lowest BCUT2D eigenvalue weighted by atomic mass is 10.3. The molecule has 0 saturated heterocycles. The van der Waals surface area contributed by atoms with Crippen molar-refractivity contribution in [1.82, 2.24) is 4.90 Å². The van der Waals surface area contributed by atoms with E-state index in [1.54, 1.807) is 0 Å². The predicted molar refractivity (Wildman–Crippen MR) is 40.9 cm³/mol. The molecular formula is C7H7F6NO3. The van der Waals surface area contributed by atoms with Crippen LogP contribution in [-0.2, 0) is 9.59 Å². The highest BCUT2D eigenvalue weighted by Gasteiger charge is 2.43. The lowest BCUT2D eigenvalue weighted by molar-refractivity contribution is -0.189. The third-order valence-electron chi connectivity index (χ3n) is 1.52. The van der Waals surface area contributed by atoms with Crippen LogP contribution in [0.2, 0.25) is 0 Å². The third-order valence-corrected chi connectivity index (χ3v) is 1.52. The van der Waals surface area contributed by atoms with Gasteiger partial charge in [-0.25, -0.2) is 0 Å². The number of carbonyl (C=O) groups is 2. The molecule has 1 amide bonds. The molecule has 0 unspecified atom stereocenters.